The molecule has 0 bridgehead atoms. The smallest absolute Gasteiger partial charge is 0.331 e. The summed E-state index contributed by atoms with van der Waals surface area (Å²) in [6, 6.07) is 14.7. The van der Waals surface area contributed by atoms with Gasteiger partial charge >= 0.3 is 5.97 Å². The predicted octanol–water partition coefficient (Wildman–Crippen LogP) is 6.12. The lowest BCUT2D eigenvalue weighted by atomic mass is 9.97. The Bertz CT molecular complexity index is 914. The van der Waals surface area contributed by atoms with E-state index < -0.39 is 0 Å². The van der Waals surface area contributed by atoms with Crippen LogP contribution in [0.4, 0.5) is 5.69 Å². The van der Waals surface area contributed by atoms with E-state index in [1.165, 1.54) is 18.5 Å². The molecular formula is C28H37NO4. The second-order valence-corrected chi connectivity index (χ2v) is 8.34. The lowest BCUT2D eigenvalue weighted by Gasteiger charge is -2.23. The van der Waals surface area contributed by atoms with Crippen molar-refractivity contribution in [3.63, 3.8) is 0 Å². The van der Waals surface area contributed by atoms with Gasteiger partial charge in [0.25, 0.3) is 0 Å². The molecule has 0 atom stereocenters. The van der Waals surface area contributed by atoms with E-state index in [2.05, 4.69) is 42.2 Å². The van der Waals surface area contributed by atoms with Gasteiger partial charge in [0.2, 0.25) is 0 Å². The summed E-state index contributed by atoms with van der Waals surface area (Å²) in [5.41, 5.74) is 5.39. The van der Waals surface area contributed by atoms with E-state index in [0.29, 0.717) is 19.8 Å². The van der Waals surface area contributed by atoms with Crippen LogP contribution in [0.15, 0.2) is 48.5 Å². The Morgan fingerprint density at radius 1 is 0.970 bits per heavy atom. The molecule has 0 amide bonds. The predicted molar refractivity (Wildman–Crippen MR) is 135 cm³/mol. The van der Waals surface area contributed by atoms with E-state index in [4.69, 9.17) is 14.2 Å². The van der Waals surface area contributed by atoms with Crippen molar-refractivity contribution in [2.24, 2.45) is 0 Å². The maximum absolute atomic E-state index is 12.1. The first-order valence-corrected chi connectivity index (χ1v) is 12.2. The Morgan fingerprint density at radius 2 is 1.70 bits per heavy atom. The molecule has 2 aromatic carbocycles. The van der Waals surface area contributed by atoms with Crippen LogP contribution in [-0.2, 0) is 14.3 Å². The van der Waals surface area contributed by atoms with Crippen molar-refractivity contribution in [3.8, 4) is 16.9 Å². The van der Waals surface area contributed by atoms with Crippen molar-refractivity contribution in [1.29, 1.82) is 0 Å². The van der Waals surface area contributed by atoms with Crippen molar-refractivity contribution in [1.82, 2.24) is 0 Å². The van der Waals surface area contributed by atoms with Crippen LogP contribution >= 0.6 is 0 Å². The van der Waals surface area contributed by atoms with Crippen LogP contribution in [0.2, 0.25) is 0 Å². The van der Waals surface area contributed by atoms with Crippen molar-refractivity contribution in [3.05, 3.63) is 54.1 Å². The molecule has 0 saturated carbocycles. The lowest BCUT2D eigenvalue weighted by Crippen LogP contribution is -2.19. The molecule has 1 aliphatic heterocycles. The van der Waals surface area contributed by atoms with Gasteiger partial charge in [-0.15, -0.1) is 0 Å². The van der Waals surface area contributed by atoms with E-state index in [-0.39, 0.29) is 5.97 Å². The minimum Gasteiger partial charge on any atom is -0.491 e. The molecule has 1 saturated heterocycles. The Hall–Kier alpha value is -2.79. The molecule has 1 fully saturated rings. The molecule has 1 aliphatic rings. The third-order valence-corrected chi connectivity index (χ3v) is 5.82. The molecular weight excluding hydrogens is 414 g/mol. The molecule has 0 N–H and O–H groups in total. The van der Waals surface area contributed by atoms with Gasteiger partial charge in [-0.1, -0.05) is 31.5 Å². The third-order valence-electron chi connectivity index (χ3n) is 5.82. The number of hydrogen-bond donors (Lipinski definition) is 0. The standard InChI is InChI=1S/C28H37NO4/c1-4-6-17-31-18-19-33-25-12-9-23(10-13-25)24-11-14-27(29-15-7-8-16-29)26(21-24)22(3)20-28(30)32-5-2/h9-14,20-21H,4-8,15-19H2,1-3H3/b22-20+. The molecule has 0 unspecified atom stereocenters. The van der Waals surface area contributed by atoms with Gasteiger partial charge in [-0.2, -0.15) is 0 Å². The van der Waals surface area contributed by atoms with Crippen molar-refractivity contribution in [2.45, 2.75) is 46.5 Å². The molecule has 178 valence electrons. The van der Waals surface area contributed by atoms with Crippen LogP contribution in [0.5, 0.6) is 5.75 Å². The van der Waals surface area contributed by atoms with Gasteiger partial charge in [0.1, 0.15) is 12.4 Å². The average molecular weight is 452 g/mol. The molecule has 0 radical (unpaired) electrons. The van der Waals surface area contributed by atoms with E-state index in [1.54, 1.807) is 6.08 Å². The molecule has 5 heteroatoms. The van der Waals surface area contributed by atoms with Gasteiger partial charge < -0.3 is 19.1 Å². The zero-order valence-corrected chi connectivity index (χ0v) is 20.3. The van der Waals surface area contributed by atoms with Crippen LogP contribution in [0, 0.1) is 0 Å². The number of carbonyl (C=O) groups is 1. The fourth-order valence-electron chi connectivity index (χ4n) is 4.01. The van der Waals surface area contributed by atoms with Crippen LogP contribution in [0.25, 0.3) is 16.7 Å². The quantitative estimate of drug-likeness (QED) is 0.221. The number of benzene rings is 2. The maximum Gasteiger partial charge on any atom is 0.331 e. The average Bonchev–Trinajstić information content (AvgIpc) is 3.36. The van der Waals surface area contributed by atoms with Crippen LogP contribution in [-0.4, -0.2) is 45.5 Å². The third kappa shape index (κ3) is 7.36. The summed E-state index contributed by atoms with van der Waals surface area (Å²) >= 11 is 0. The fraction of sp³-hybridized carbons (Fsp3) is 0.464. The number of anilines is 1. The number of esters is 1. The summed E-state index contributed by atoms with van der Waals surface area (Å²) in [5.74, 6) is 0.540. The molecule has 0 aromatic heterocycles. The van der Waals surface area contributed by atoms with Gasteiger partial charge in [0.15, 0.2) is 0 Å². The van der Waals surface area contributed by atoms with E-state index in [9.17, 15) is 4.79 Å². The number of carbonyl (C=O) groups excluding carboxylic acids is 1. The van der Waals surface area contributed by atoms with Gasteiger partial charge in [0, 0.05) is 37.0 Å². The molecule has 2 aromatic rings. The first kappa shape index (κ1) is 24.8. The zero-order chi connectivity index (χ0) is 23.5. The molecule has 3 rings (SSSR count). The topological polar surface area (TPSA) is 48.0 Å². The monoisotopic (exact) mass is 451 g/mol. The Labute approximate surface area is 198 Å². The van der Waals surface area contributed by atoms with Gasteiger partial charge in [-0.05, 0) is 74.1 Å². The molecule has 5 nitrogen and oxygen atoms in total. The maximum atomic E-state index is 12.1. The normalized spacial score (nSPS) is 13.9. The van der Waals surface area contributed by atoms with Crippen molar-refractivity contribution in [2.75, 3.05) is 44.4 Å². The highest BCUT2D eigenvalue weighted by molar-refractivity contribution is 5.93. The van der Waals surface area contributed by atoms with Crippen LogP contribution in [0.1, 0.15) is 52.0 Å². The summed E-state index contributed by atoms with van der Waals surface area (Å²) in [6.07, 6.45) is 6.23. The van der Waals surface area contributed by atoms with Crippen LogP contribution < -0.4 is 9.64 Å². The summed E-state index contributed by atoms with van der Waals surface area (Å²) in [6.45, 7) is 10.4. The Morgan fingerprint density at radius 3 is 2.39 bits per heavy atom. The number of nitrogens with zero attached hydrogens (tertiary/aromatic N) is 1. The lowest BCUT2D eigenvalue weighted by molar-refractivity contribution is -0.137. The highest BCUT2D eigenvalue weighted by atomic mass is 16.5. The first-order chi connectivity index (χ1) is 16.1. The van der Waals surface area contributed by atoms with E-state index in [0.717, 1.165) is 60.6 Å². The number of rotatable bonds is 12. The number of ether oxygens (including phenoxy) is 3. The minimum absolute atomic E-state index is 0.298. The molecule has 0 spiro atoms. The largest absolute Gasteiger partial charge is 0.491 e. The summed E-state index contributed by atoms with van der Waals surface area (Å²) in [4.78, 5) is 14.5. The number of unbranched alkanes of at least 4 members (excludes halogenated alkanes) is 1. The molecule has 1 heterocycles. The summed E-state index contributed by atoms with van der Waals surface area (Å²) in [5, 5.41) is 0. The Balaban J connectivity index is 1.75. The van der Waals surface area contributed by atoms with E-state index in [1.807, 2.05) is 26.0 Å². The number of allylic oxidation sites excluding steroid dienone is 1. The number of hydrogen-bond acceptors (Lipinski definition) is 5. The highest BCUT2D eigenvalue weighted by Crippen LogP contribution is 2.34. The van der Waals surface area contributed by atoms with Crippen molar-refractivity contribution < 1.29 is 19.0 Å². The SMILES string of the molecule is CCCCOCCOc1ccc(-c2ccc(N3CCCC3)c(/C(C)=C/C(=O)OCC)c2)cc1. The highest BCUT2D eigenvalue weighted by Gasteiger charge is 2.18. The first-order valence-electron chi connectivity index (χ1n) is 12.2. The molecule has 0 aliphatic carbocycles. The second-order valence-electron chi connectivity index (χ2n) is 8.34. The Kier molecular flexibility index (Phi) is 9.82. The van der Waals surface area contributed by atoms with Gasteiger partial charge in [-0.25, -0.2) is 4.79 Å². The van der Waals surface area contributed by atoms with Gasteiger partial charge in [-0.3, -0.25) is 0 Å². The second kappa shape index (κ2) is 13.0. The summed E-state index contributed by atoms with van der Waals surface area (Å²) < 4.78 is 16.5. The zero-order valence-electron chi connectivity index (χ0n) is 20.3. The molecule has 33 heavy (non-hydrogen) atoms. The van der Waals surface area contributed by atoms with Gasteiger partial charge in [0.05, 0.1) is 13.2 Å². The fourth-order valence-corrected chi connectivity index (χ4v) is 4.01. The van der Waals surface area contributed by atoms with E-state index >= 15 is 0 Å². The van der Waals surface area contributed by atoms with Crippen molar-refractivity contribution >= 4 is 17.2 Å². The van der Waals surface area contributed by atoms with Crippen LogP contribution in [0.3, 0.4) is 0 Å². The minimum atomic E-state index is -0.298. The summed E-state index contributed by atoms with van der Waals surface area (Å²) in [7, 11) is 0.